The Bertz CT molecular complexity index is 543. The molecule has 0 spiro atoms. The Morgan fingerprint density at radius 3 is 1.26 bits per heavy atom. The van der Waals surface area contributed by atoms with Crippen molar-refractivity contribution in [3.63, 3.8) is 0 Å². The molecule has 39 heavy (non-hydrogen) atoms. The summed E-state index contributed by atoms with van der Waals surface area (Å²) in [6.07, 6.45) is 38.1. The lowest BCUT2D eigenvalue weighted by Crippen LogP contribution is -2.14. The molecule has 0 saturated carbocycles. The zero-order chi connectivity index (χ0) is 28.5. The van der Waals surface area contributed by atoms with Crippen molar-refractivity contribution in [2.75, 3.05) is 6.61 Å². The number of hydrogen-bond acceptors (Lipinski definition) is 4. The monoisotopic (exact) mass is 550 g/mol. The topological polar surface area (TPSA) is 52.6 Å². The lowest BCUT2D eigenvalue weighted by Gasteiger charge is -2.05. The molecular weight excluding hydrogens is 484 g/mol. The van der Waals surface area contributed by atoms with Crippen LogP contribution in [0.4, 0.5) is 4.79 Å². The van der Waals surface area contributed by atoms with E-state index in [-0.39, 0.29) is 0 Å². The summed E-state index contributed by atoms with van der Waals surface area (Å²) in [5.74, 6) is -0.460. The molecule has 0 fully saturated rings. The maximum atomic E-state index is 11.8. The van der Waals surface area contributed by atoms with Crippen LogP contribution in [-0.4, -0.2) is 18.7 Å². The molecule has 4 nitrogen and oxygen atoms in total. The first-order chi connectivity index (χ1) is 19.2. The third-order valence-corrected chi connectivity index (χ3v) is 7.56. The Morgan fingerprint density at radius 2 is 0.821 bits per heavy atom. The van der Waals surface area contributed by atoms with Gasteiger partial charge in [-0.05, 0) is 38.5 Å². The standard InChI is InChI=1S/C35H66O4/c1-3-5-7-9-11-13-15-17-19-20-22-24-26-28-30-32-34(36)39-35(37)38-33-31-29-27-25-23-21-18-16-14-12-10-8-6-4-2/h17,19H,3-16,18,20-33H2,1-2H3. The fraction of sp³-hybridized carbons (Fsp3) is 0.886. The zero-order valence-electron chi connectivity index (χ0n) is 26.3. The Kier molecular flexibility index (Phi) is 31.8. The Morgan fingerprint density at radius 1 is 0.462 bits per heavy atom. The smallest absolute Gasteiger partial charge is 0.434 e. The molecule has 0 aromatic carbocycles. The van der Waals surface area contributed by atoms with Crippen LogP contribution in [0.2, 0.25) is 0 Å². The highest BCUT2D eigenvalue weighted by Crippen LogP contribution is 2.13. The van der Waals surface area contributed by atoms with Crippen LogP contribution in [0.1, 0.15) is 194 Å². The maximum Gasteiger partial charge on any atom is 0.516 e. The van der Waals surface area contributed by atoms with Gasteiger partial charge in [-0.15, -0.1) is 0 Å². The Hall–Kier alpha value is -1.32. The van der Waals surface area contributed by atoms with Crippen molar-refractivity contribution in [1.29, 1.82) is 0 Å². The lowest BCUT2D eigenvalue weighted by molar-refractivity contribution is -0.139. The van der Waals surface area contributed by atoms with Gasteiger partial charge in [0.2, 0.25) is 0 Å². The van der Waals surface area contributed by atoms with E-state index in [0.29, 0.717) is 13.0 Å². The number of esters is 1. The number of carbonyl (C=O) groups is 2. The normalized spacial score (nSPS) is 11.3. The van der Waals surface area contributed by atoms with Crippen LogP contribution in [0.3, 0.4) is 0 Å². The van der Waals surface area contributed by atoms with Gasteiger partial charge in [0.05, 0.1) is 6.61 Å². The average Bonchev–Trinajstić information content (AvgIpc) is 2.93. The van der Waals surface area contributed by atoms with Crippen molar-refractivity contribution in [3.8, 4) is 0 Å². The maximum absolute atomic E-state index is 11.8. The van der Waals surface area contributed by atoms with E-state index in [0.717, 1.165) is 38.5 Å². The summed E-state index contributed by atoms with van der Waals surface area (Å²) in [6.45, 7) is 4.88. The van der Waals surface area contributed by atoms with E-state index in [1.807, 2.05) is 0 Å². The molecule has 0 saturated heterocycles. The summed E-state index contributed by atoms with van der Waals surface area (Å²) < 4.78 is 9.84. The molecule has 0 aliphatic carbocycles. The number of allylic oxidation sites excluding steroid dienone is 2. The molecule has 0 unspecified atom stereocenters. The van der Waals surface area contributed by atoms with E-state index >= 15 is 0 Å². The summed E-state index contributed by atoms with van der Waals surface area (Å²) >= 11 is 0. The number of carbonyl (C=O) groups excluding carboxylic acids is 2. The van der Waals surface area contributed by atoms with Crippen molar-refractivity contribution in [3.05, 3.63) is 12.2 Å². The van der Waals surface area contributed by atoms with Gasteiger partial charge >= 0.3 is 12.1 Å². The highest BCUT2D eigenvalue weighted by Gasteiger charge is 2.11. The van der Waals surface area contributed by atoms with Gasteiger partial charge in [-0.2, -0.15) is 0 Å². The first kappa shape index (κ1) is 37.7. The van der Waals surface area contributed by atoms with E-state index in [9.17, 15) is 9.59 Å². The molecule has 0 amide bonds. The van der Waals surface area contributed by atoms with Crippen LogP contribution >= 0.6 is 0 Å². The van der Waals surface area contributed by atoms with Crippen molar-refractivity contribution in [2.45, 2.75) is 194 Å². The third-order valence-electron chi connectivity index (χ3n) is 7.56. The van der Waals surface area contributed by atoms with Crippen LogP contribution in [0.5, 0.6) is 0 Å². The minimum atomic E-state index is -0.831. The minimum absolute atomic E-state index is 0.298. The van der Waals surface area contributed by atoms with Crippen molar-refractivity contribution >= 4 is 12.1 Å². The number of unbranched alkanes of at least 4 members (excludes halogenated alkanes) is 24. The minimum Gasteiger partial charge on any atom is -0.434 e. The SMILES string of the molecule is CCCCCCCCC=CCCCCCCCC(=O)OC(=O)OCCCCCCCCCCCCCCCC. The fourth-order valence-corrected chi connectivity index (χ4v) is 4.97. The summed E-state index contributed by atoms with van der Waals surface area (Å²) in [5, 5.41) is 0. The molecule has 0 atom stereocenters. The van der Waals surface area contributed by atoms with E-state index in [1.54, 1.807) is 0 Å². The predicted molar refractivity (Wildman–Crippen MR) is 167 cm³/mol. The van der Waals surface area contributed by atoms with E-state index < -0.39 is 12.1 Å². The molecule has 0 aliphatic heterocycles. The van der Waals surface area contributed by atoms with Crippen LogP contribution in [0.15, 0.2) is 12.2 Å². The van der Waals surface area contributed by atoms with Gasteiger partial charge in [0.1, 0.15) is 0 Å². The first-order valence-corrected chi connectivity index (χ1v) is 17.2. The molecule has 0 N–H and O–H groups in total. The van der Waals surface area contributed by atoms with Crippen LogP contribution in [-0.2, 0) is 14.3 Å². The van der Waals surface area contributed by atoms with Gasteiger partial charge in [0, 0.05) is 6.42 Å². The van der Waals surface area contributed by atoms with Crippen LogP contribution in [0, 0.1) is 0 Å². The summed E-state index contributed by atoms with van der Waals surface area (Å²) in [5.41, 5.74) is 0. The fourth-order valence-electron chi connectivity index (χ4n) is 4.97. The highest BCUT2D eigenvalue weighted by molar-refractivity contribution is 5.81. The number of hydrogen-bond donors (Lipinski definition) is 0. The lowest BCUT2D eigenvalue weighted by atomic mass is 10.0. The predicted octanol–water partition coefficient (Wildman–Crippen LogP) is 12.2. The first-order valence-electron chi connectivity index (χ1n) is 17.2. The van der Waals surface area contributed by atoms with E-state index in [1.165, 1.54) is 135 Å². The third kappa shape index (κ3) is 32.8. The van der Waals surface area contributed by atoms with Crippen molar-refractivity contribution < 1.29 is 19.1 Å². The molecule has 0 aromatic rings. The molecule has 0 rings (SSSR count). The molecule has 4 heteroatoms. The highest BCUT2D eigenvalue weighted by atomic mass is 16.7. The Labute approximate surface area is 243 Å². The summed E-state index contributed by atoms with van der Waals surface area (Å²) in [6, 6.07) is 0. The average molecular weight is 551 g/mol. The van der Waals surface area contributed by atoms with Gasteiger partial charge in [0.25, 0.3) is 0 Å². The van der Waals surface area contributed by atoms with Gasteiger partial charge in [-0.3, -0.25) is 4.79 Å². The molecule has 230 valence electrons. The van der Waals surface area contributed by atoms with Crippen LogP contribution in [0.25, 0.3) is 0 Å². The van der Waals surface area contributed by atoms with Gasteiger partial charge in [-0.1, -0.05) is 161 Å². The molecular formula is C35H66O4. The summed E-state index contributed by atoms with van der Waals surface area (Å²) in [7, 11) is 0. The van der Waals surface area contributed by atoms with Crippen LogP contribution < -0.4 is 0 Å². The van der Waals surface area contributed by atoms with Gasteiger partial charge in [-0.25, -0.2) is 4.79 Å². The molecule has 0 aliphatic rings. The molecule has 0 heterocycles. The second kappa shape index (κ2) is 32.9. The second-order valence-electron chi connectivity index (χ2n) is 11.5. The molecule has 0 bridgehead atoms. The zero-order valence-corrected chi connectivity index (χ0v) is 26.3. The van der Waals surface area contributed by atoms with Crippen molar-refractivity contribution in [2.24, 2.45) is 0 Å². The van der Waals surface area contributed by atoms with Gasteiger partial charge in [0.15, 0.2) is 0 Å². The van der Waals surface area contributed by atoms with Gasteiger partial charge < -0.3 is 9.47 Å². The summed E-state index contributed by atoms with van der Waals surface area (Å²) in [4.78, 5) is 23.5. The Balaban J connectivity index is 3.32. The molecule has 0 radical (unpaired) electrons. The molecule has 0 aromatic heterocycles. The van der Waals surface area contributed by atoms with E-state index in [4.69, 9.17) is 9.47 Å². The largest absolute Gasteiger partial charge is 0.516 e. The quantitative estimate of drug-likeness (QED) is 0.0386. The second-order valence-corrected chi connectivity index (χ2v) is 11.5. The van der Waals surface area contributed by atoms with Crippen molar-refractivity contribution in [1.82, 2.24) is 0 Å². The van der Waals surface area contributed by atoms with E-state index in [2.05, 4.69) is 26.0 Å². The number of ether oxygens (including phenoxy) is 2. The number of rotatable bonds is 30.